The van der Waals surface area contributed by atoms with Crippen LogP contribution in [0.25, 0.3) is 10.9 Å². The fourth-order valence-electron chi connectivity index (χ4n) is 1.44. The fourth-order valence-corrected chi connectivity index (χ4v) is 1.44. The van der Waals surface area contributed by atoms with Crippen molar-refractivity contribution in [3.05, 3.63) is 30.0 Å². The summed E-state index contributed by atoms with van der Waals surface area (Å²) in [6, 6.07) is 8.14. The van der Waals surface area contributed by atoms with Crippen molar-refractivity contribution in [3.63, 3.8) is 0 Å². The summed E-state index contributed by atoms with van der Waals surface area (Å²) in [5, 5.41) is 16.5. The van der Waals surface area contributed by atoms with Crippen LogP contribution in [-0.4, -0.2) is 10.2 Å². The predicted octanol–water partition coefficient (Wildman–Crippen LogP) is 3.05. The van der Waals surface area contributed by atoms with Crippen LogP contribution >= 0.6 is 0 Å². The second-order valence-corrected chi connectivity index (χ2v) is 2.91. The molecule has 0 aliphatic carbocycles. The number of aryl methyl sites for hydroxylation is 1. The van der Waals surface area contributed by atoms with Crippen LogP contribution in [0, 0.1) is 11.3 Å². The molecular formula is C12H15N3. The molecule has 0 unspecified atom stereocenters. The molecule has 78 valence electrons. The predicted molar refractivity (Wildman–Crippen MR) is 61.4 cm³/mol. The van der Waals surface area contributed by atoms with E-state index in [1.54, 1.807) is 0 Å². The summed E-state index contributed by atoms with van der Waals surface area (Å²) in [6.07, 6.45) is 3.17. The first-order chi connectivity index (χ1) is 7.42. The number of aromatic amines is 1. The summed E-state index contributed by atoms with van der Waals surface area (Å²) in [5.74, 6) is 0. The van der Waals surface area contributed by atoms with Gasteiger partial charge in [0.25, 0.3) is 0 Å². The van der Waals surface area contributed by atoms with Crippen LogP contribution in [0.1, 0.15) is 25.8 Å². The smallest absolute Gasteiger partial charge is 0.0653 e. The average Bonchev–Trinajstić information content (AvgIpc) is 2.77. The van der Waals surface area contributed by atoms with Gasteiger partial charge in [-0.2, -0.15) is 10.4 Å². The van der Waals surface area contributed by atoms with E-state index in [2.05, 4.69) is 16.3 Å². The summed E-state index contributed by atoms with van der Waals surface area (Å²) in [5.41, 5.74) is 2.23. The maximum absolute atomic E-state index is 8.48. The molecule has 0 spiro atoms. The van der Waals surface area contributed by atoms with E-state index < -0.39 is 0 Å². The van der Waals surface area contributed by atoms with Crippen LogP contribution in [-0.2, 0) is 6.42 Å². The van der Waals surface area contributed by atoms with E-state index in [4.69, 9.17) is 5.26 Å². The highest BCUT2D eigenvalue weighted by molar-refractivity contribution is 5.81. The van der Waals surface area contributed by atoms with Crippen LogP contribution in [0.15, 0.2) is 24.4 Å². The number of nitrogens with zero attached hydrogens (tertiary/aromatic N) is 2. The number of fused-ring (bicyclic) bond motifs is 1. The molecule has 15 heavy (non-hydrogen) atoms. The van der Waals surface area contributed by atoms with E-state index in [-0.39, 0.29) is 0 Å². The van der Waals surface area contributed by atoms with Gasteiger partial charge in [-0.25, -0.2) is 0 Å². The van der Waals surface area contributed by atoms with Crippen LogP contribution in [0.4, 0.5) is 0 Å². The first-order valence-corrected chi connectivity index (χ1v) is 5.20. The van der Waals surface area contributed by atoms with Crippen molar-refractivity contribution >= 4 is 10.9 Å². The molecule has 0 aliphatic rings. The maximum atomic E-state index is 8.48. The molecule has 0 atom stereocenters. The van der Waals surface area contributed by atoms with Gasteiger partial charge in [0, 0.05) is 11.8 Å². The van der Waals surface area contributed by atoms with E-state index in [9.17, 15) is 0 Å². The lowest BCUT2D eigenvalue weighted by atomic mass is 10.1. The van der Waals surface area contributed by atoms with Gasteiger partial charge in [-0.05, 0) is 18.1 Å². The summed E-state index contributed by atoms with van der Waals surface area (Å²) in [7, 11) is 0. The fraction of sp³-hybridized carbons (Fsp3) is 0.333. The number of hydrogen-bond acceptors (Lipinski definition) is 2. The number of aromatic nitrogens is 2. The van der Waals surface area contributed by atoms with Crippen LogP contribution < -0.4 is 0 Å². The molecule has 1 aromatic heterocycles. The summed E-state index contributed by atoms with van der Waals surface area (Å²) in [6.45, 7) is 4.00. The number of rotatable bonds is 2. The molecule has 0 saturated heterocycles. The van der Waals surface area contributed by atoms with Crippen molar-refractivity contribution in [2.24, 2.45) is 0 Å². The molecule has 0 fully saturated rings. The molecule has 3 nitrogen and oxygen atoms in total. The zero-order valence-corrected chi connectivity index (χ0v) is 9.12. The number of H-pyrrole nitrogens is 1. The van der Waals surface area contributed by atoms with Crippen molar-refractivity contribution in [2.45, 2.75) is 26.7 Å². The number of hydrogen-bond donors (Lipinski definition) is 1. The van der Waals surface area contributed by atoms with Crippen molar-refractivity contribution in [1.82, 2.24) is 10.2 Å². The minimum absolute atomic E-state index is 0.560. The van der Waals surface area contributed by atoms with E-state index in [0.717, 1.165) is 17.3 Å². The second kappa shape index (κ2) is 5.82. The molecule has 2 aromatic rings. The Morgan fingerprint density at radius 2 is 2.20 bits per heavy atom. The van der Waals surface area contributed by atoms with E-state index in [1.807, 2.05) is 38.2 Å². The number of nitriles is 1. The van der Waals surface area contributed by atoms with Crippen molar-refractivity contribution < 1.29 is 0 Å². The monoisotopic (exact) mass is 201 g/mol. The standard InChI is InChI=1S/C10H9N3.C2H6/c11-6-2-4-8-3-1-5-10-9(8)7-12-13-10;1-2/h1,3,5,7H,2,4H2,(H,12,13);1-2H3. The van der Waals surface area contributed by atoms with E-state index in [1.165, 1.54) is 5.56 Å². The Morgan fingerprint density at radius 3 is 2.93 bits per heavy atom. The molecule has 1 aromatic carbocycles. The zero-order chi connectivity index (χ0) is 11.1. The van der Waals surface area contributed by atoms with E-state index in [0.29, 0.717) is 6.42 Å². The molecule has 1 heterocycles. The van der Waals surface area contributed by atoms with Gasteiger partial charge in [0.15, 0.2) is 0 Å². The zero-order valence-electron chi connectivity index (χ0n) is 9.12. The van der Waals surface area contributed by atoms with Gasteiger partial charge in [-0.3, -0.25) is 5.10 Å². The molecule has 0 bridgehead atoms. The highest BCUT2D eigenvalue weighted by atomic mass is 15.1. The Morgan fingerprint density at radius 1 is 1.40 bits per heavy atom. The van der Waals surface area contributed by atoms with Gasteiger partial charge in [0.05, 0.1) is 17.8 Å². The SMILES string of the molecule is CC.N#CCCc1cccc2[nH]ncc12. The second-order valence-electron chi connectivity index (χ2n) is 2.91. The molecule has 0 saturated carbocycles. The third-order valence-electron chi connectivity index (χ3n) is 2.08. The van der Waals surface area contributed by atoms with Gasteiger partial charge >= 0.3 is 0 Å². The Balaban J connectivity index is 0.000000531. The van der Waals surface area contributed by atoms with Crippen LogP contribution in [0.2, 0.25) is 0 Å². The molecule has 1 N–H and O–H groups in total. The largest absolute Gasteiger partial charge is 0.278 e. The minimum Gasteiger partial charge on any atom is -0.278 e. The normalized spacial score (nSPS) is 9.13. The first kappa shape index (κ1) is 11.3. The van der Waals surface area contributed by atoms with Gasteiger partial charge in [0.2, 0.25) is 0 Å². The quantitative estimate of drug-likeness (QED) is 0.811. The molecule has 0 aliphatic heterocycles. The Labute approximate surface area is 89.7 Å². The lowest BCUT2D eigenvalue weighted by Gasteiger charge is -1.97. The molecule has 2 rings (SSSR count). The summed E-state index contributed by atoms with van der Waals surface area (Å²) >= 11 is 0. The lowest BCUT2D eigenvalue weighted by molar-refractivity contribution is 1.02. The highest BCUT2D eigenvalue weighted by Crippen LogP contribution is 2.16. The number of nitrogens with one attached hydrogen (secondary N) is 1. The summed E-state index contributed by atoms with van der Waals surface area (Å²) < 4.78 is 0. The topological polar surface area (TPSA) is 52.5 Å². The molecular weight excluding hydrogens is 186 g/mol. The Kier molecular flexibility index (Phi) is 4.36. The lowest BCUT2D eigenvalue weighted by Crippen LogP contribution is -1.83. The van der Waals surface area contributed by atoms with Crippen molar-refractivity contribution in [1.29, 1.82) is 5.26 Å². The number of benzene rings is 1. The van der Waals surface area contributed by atoms with Gasteiger partial charge in [-0.15, -0.1) is 0 Å². The van der Waals surface area contributed by atoms with Crippen molar-refractivity contribution in [3.8, 4) is 6.07 Å². The molecule has 0 radical (unpaired) electrons. The minimum atomic E-state index is 0.560. The third-order valence-corrected chi connectivity index (χ3v) is 2.08. The third kappa shape index (κ3) is 2.57. The summed E-state index contributed by atoms with van der Waals surface area (Å²) in [4.78, 5) is 0. The van der Waals surface area contributed by atoms with Gasteiger partial charge < -0.3 is 0 Å². The van der Waals surface area contributed by atoms with Crippen LogP contribution in [0.3, 0.4) is 0 Å². The van der Waals surface area contributed by atoms with E-state index >= 15 is 0 Å². The Bertz CT molecular complexity index is 451. The van der Waals surface area contributed by atoms with Crippen LogP contribution in [0.5, 0.6) is 0 Å². The highest BCUT2D eigenvalue weighted by Gasteiger charge is 2.00. The Hall–Kier alpha value is -1.82. The van der Waals surface area contributed by atoms with Gasteiger partial charge in [-0.1, -0.05) is 26.0 Å². The molecule has 3 heteroatoms. The average molecular weight is 201 g/mol. The first-order valence-electron chi connectivity index (χ1n) is 5.20. The van der Waals surface area contributed by atoms with Crippen molar-refractivity contribution in [2.75, 3.05) is 0 Å². The van der Waals surface area contributed by atoms with Gasteiger partial charge in [0.1, 0.15) is 0 Å². The maximum Gasteiger partial charge on any atom is 0.0653 e. The molecule has 0 amide bonds.